The molecule has 18 atom stereocenters. The van der Waals surface area contributed by atoms with Crippen molar-refractivity contribution in [1.82, 2.24) is 16.0 Å². The quantitative estimate of drug-likeness (QED) is 0.0158. The monoisotopic (exact) mass is 2120 g/mol. The van der Waals surface area contributed by atoms with Gasteiger partial charge in [0.2, 0.25) is 0 Å². The molecular formula is C101H119F6N15O17S6. The highest BCUT2D eigenvalue weighted by atomic mass is 32.2. The average Bonchev–Trinajstić information content (AvgIpc) is 1.70. The minimum Gasteiger partial charge on any atom is -0.444 e. The van der Waals surface area contributed by atoms with Crippen LogP contribution in [0.2, 0.25) is 0 Å². The van der Waals surface area contributed by atoms with Crippen molar-refractivity contribution in [2.24, 2.45) is 76.9 Å². The van der Waals surface area contributed by atoms with E-state index in [2.05, 4.69) is 30.9 Å². The number of nitrogens with zero attached hydrogens (tertiary/aromatic N) is 8. The van der Waals surface area contributed by atoms with E-state index in [0.29, 0.717) is 123 Å². The third-order valence-electron chi connectivity index (χ3n) is 26.9. The summed E-state index contributed by atoms with van der Waals surface area (Å²) in [5, 5.41) is 32.8. The number of hydrogen-bond acceptors (Lipinski definition) is 33. The van der Waals surface area contributed by atoms with Gasteiger partial charge in [0, 0.05) is 145 Å². The number of anilines is 2. The van der Waals surface area contributed by atoms with E-state index in [-0.39, 0.29) is 123 Å². The molecule has 0 radical (unpaired) electrons. The van der Waals surface area contributed by atoms with Crippen LogP contribution in [0.4, 0.5) is 63.5 Å². The molecule has 7 aromatic carbocycles. The number of amides is 3. The summed E-state index contributed by atoms with van der Waals surface area (Å²) >= 11 is 8.62. The maximum atomic E-state index is 14.8. The first-order valence-corrected chi connectivity index (χ1v) is 53.0. The van der Waals surface area contributed by atoms with Gasteiger partial charge in [-0.25, -0.2) is 65.7 Å². The molecule has 0 bridgehead atoms. The summed E-state index contributed by atoms with van der Waals surface area (Å²) in [5.74, 6) is 1.75. The smallest absolute Gasteiger partial charge is 0.413 e. The lowest BCUT2D eigenvalue weighted by atomic mass is 9.77. The van der Waals surface area contributed by atoms with Crippen LogP contribution in [0.5, 0.6) is 0 Å². The summed E-state index contributed by atoms with van der Waals surface area (Å²) in [6, 6.07) is 38.7. The maximum Gasteiger partial charge on any atom is 0.413 e. The summed E-state index contributed by atoms with van der Waals surface area (Å²) in [4.78, 5) is 98.1. The lowest BCUT2D eigenvalue weighted by Crippen LogP contribution is -2.46. The number of halogens is 6. The summed E-state index contributed by atoms with van der Waals surface area (Å²) in [6.45, 7) is 30.0. The van der Waals surface area contributed by atoms with Gasteiger partial charge in [-0.15, -0.1) is 11.8 Å². The highest BCUT2D eigenvalue weighted by molar-refractivity contribution is 8.15. The fraction of sp³-hybridized carbons (Fsp3) is 0.485. The molecule has 12 aliphatic heterocycles. The van der Waals surface area contributed by atoms with Crippen LogP contribution in [-0.2, 0) is 75.9 Å². The van der Waals surface area contributed by atoms with Crippen molar-refractivity contribution in [3.05, 3.63) is 246 Å². The Morgan fingerprint density at radius 1 is 0.359 bits per heavy atom. The summed E-state index contributed by atoms with van der Waals surface area (Å²) < 4.78 is 138. The highest BCUT2D eigenvalue weighted by Gasteiger charge is 2.61. The first-order valence-electron chi connectivity index (χ1n) is 47.1. The van der Waals surface area contributed by atoms with Crippen LogP contribution in [0.15, 0.2) is 182 Å². The zero-order valence-electron chi connectivity index (χ0n) is 82.6. The number of benzene rings is 7. The number of rotatable bonds is 11. The molecule has 19 rings (SSSR count). The molecule has 12 heterocycles. The highest BCUT2D eigenvalue weighted by Crippen LogP contribution is 2.57. The number of aliphatic imine (C=N–C) groups is 6. The molecule has 145 heavy (non-hydrogen) atoms. The fourth-order valence-corrected chi connectivity index (χ4v) is 26.4. The van der Waals surface area contributed by atoms with Gasteiger partial charge in [0.1, 0.15) is 84.9 Å². The number of nitrogens with one attached hydrogen (secondary N) is 3. The second-order valence-electron chi connectivity index (χ2n) is 39.6. The Morgan fingerprint density at radius 3 is 0.931 bits per heavy atom. The molecule has 6 fully saturated rings. The van der Waals surface area contributed by atoms with E-state index in [1.807, 2.05) is 70.2 Å². The van der Waals surface area contributed by atoms with Crippen LogP contribution in [0, 0.1) is 90.6 Å². The summed E-state index contributed by atoms with van der Waals surface area (Å²) in [7, 11) is 0. The number of nitrogen functional groups attached to an aromatic ring is 2. The minimum atomic E-state index is -1.16. The molecule has 44 heteroatoms. The molecule has 0 aromatic heterocycles. The number of carbonyl (C=O) groups excluding carboxylic acids is 4. The van der Waals surface area contributed by atoms with Crippen molar-refractivity contribution >= 4 is 148 Å². The number of ether oxygens (including phenoxy) is 9. The minimum absolute atomic E-state index is 0.0111. The van der Waals surface area contributed by atoms with Crippen LogP contribution in [0.3, 0.4) is 0 Å². The van der Waals surface area contributed by atoms with Crippen molar-refractivity contribution in [2.75, 3.05) is 85.6 Å². The number of ketones is 1. The van der Waals surface area contributed by atoms with Crippen LogP contribution in [0.1, 0.15) is 154 Å². The molecule has 7 aromatic rings. The number of nitrogens with two attached hydrogens (primary N) is 4. The number of nitro groups is 2. The number of hydrogen-bond donors (Lipinski definition) is 7. The van der Waals surface area contributed by atoms with Crippen molar-refractivity contribution in [3.8, 4) is 0 Å². The molecule has 12 aliphatic rings. The summed E-state index contributed by atoms with van der Waals surface area (Å²) in [6.07, 6.45) is -3.59. The molecule has 32 nitrogen and oxygen atoms in total. The molecule has 6 saturated heterocycles. The maximum absolute atomic E-state index is 14.8. The third kappa shape index (κ3) is 23.6. The van der Waals surface area contributed by atoms with E-state index in [9.17, 15) is 65.7 Å². The number of nitro benzene ring substituents is 2. The molecule has 11 N–H and O–H groups in total. The topological polar surface area (TPSA) is 452 Å². The Hall–Kier alpha value is -10.5. The van der Waals surface area contributed by atoms with Crippen molar-refractivity contribution in [2.45, 2.75) is 197 Å². The number of amidine groups is 5. The number of non-ortho nitro benzene ring substituents is 2. The van der Waals surface area contributed by atoms with Crippen molar-refractivity contribution < 1.29 is 98.0 Å². The van der Waals surface area contributed by atoms with Gasteiger partial charge in [0.05, 0.1) is 97.6 Å². The van der Waals surface area contributed by atoms with Crippen LogP contribution in [-0.4, -0.2) is 192 Å². The Labute approximate surface area is 861 Å². The number of carbonyl (C=O) groups is 4. The first-order chi connectivity index (χ1) is 68.5. The molecule has 3 amide bonds. The Kier molecular flexibility index (Phi) is 34.1. The van der Waals surface area contributed by atoms with E-state index in [0.717, 1.165) is 40.8 Å². The van der Waals surface area contributed by atoms with E-state index in [4.69, 9.17) is 80.5 Å². The predicted molar refractivity (Wildman–Crippen MR) is 555 cm³/mol. The molecule has 778 valence electrons. The van der Waals surface area contributed by atoms with Crippen LogP contribution in [0.25, 0.3) is 0 Å². The molecule has 0 aliphatic carbocycles. The van der Waals surface area contributed by atoms with E-state index < -0.39 is 102 Å². The SMILES string of the molecule is C[C@@H]1OC[C@H]2CSC(CC(=O)c3ccccc3)=N[C@]21c1ccccc1F.C[C@@H]1OC[C@H]2CSC(N)=N[C@]21c1cc([N+](=O)[O-])ccc1F.C[C@@H]1OC[C@H]2CSC(N)=N[C@]21c1ccccc1F.C[C@@H]1OC[C@H]2CSC(NC(=O)OC(C)(C)C)=N[C@]21c1cc(N)ccc1F.C[C@@H]1OC[C@H]2CSC(NC(=O)OC(C)(C)C)=N[C@]21c1cc(N)ccc1F.C[C@@H]1OC[C@H]2CSC(NC(=O)OC(C)(C)C)=N[C@]21c1cc([N+](=O)[O-])ccc1F. The van der Waals surface area contributed by atoms with Gasteiger partial charge >= 0.3 is 18.3 Å². The predicted octanol–water partition coefficient (Wildman–Crippen LogP) is 18.7. The van der Waals surface area contributed by atoms with Crippen LogP contribution < -0.4 is 38.9 Å². The van der Waals surface area contributed by atoms with Gasteiger partial charge in [-0.1, -0.05) is 126 Å². The Bertz CT molecular complexity index is 6100. The second-order valence-corrected chi connectivity index (χ2v) is 45.8. The third-order valence-corrected chi connectivity index (χ3v) is 33.1. The normalized spacial score (nSPS) is 29.2. The zero-order valence-corrected chi connectivity index (χ0v) is 87.5. The van der Waals surface area contributed by atoms with Gasteiger partial charge in [-0.05, 0) is 165 Å². The number of alkyl carbamates (subject to hydrolysis) is 3. The number of Topliss-reactive ketones (excluding diaryl/α,β-unsaturated/α-hetero) is 1. The largest absolute Gasteiger partial charge is 0.444 e. The number of thioether (sulfide) groups is 6. The molecular weight excluding hydrogens is 2000 g/mol. The summed E-state index contributed by atoms with van der Waals surface area (Å²) in [5.41, 5.74) is 19.6. The van der Waals surface area contributed by atoms with Crippen molar-refractivity contribution in [3.63, 3.8) is 0 Å². The van der Waals surface area contributed by atoms with Gasteiger partial charge in [-0.3, -0.25) is 46.0 Å². The van der Waals surface area contributed by atoms with Crippen LogP contribution >= 0.6 is 70.6 Å². The molecule has 0 spiro atoms. The van der Waals surface area contributed by atoms with Gasteiger partial charge in [0.15, 0.2) is 31.6 Å². The Morgan fingerprint density at radius 2 is 0.621 bits per heavy atom. The number of fused-ring (bicyclic) bond motifs is 6. The standard InChI is InChI=1S/C21H20FNO2S.C18H22FN3O5S.2C18H24FN3O3S.C13H14FN3O3S.C13H15FN2OS/c1-14-21(17-9-5-6-10-18(17)22)16(12-25-14)13-26-20(23-21)11-19(24)15-7-3-2-4-8-15;1-10-18(13-7-12(22(24)25)5-6-14(13)19)11(8-26-10)9-28-15(21-18)20-16(23)27-17(2,3)4;2*1-10-18(13-7-12(20)5-6-14(13)19)11(8-24-10)9-26-15(22-18)21-16(23)25-17(2,3)4;1-7-13(8(5-20-7)6-21-12(15)16-13)10-4-9(17(18)19)2-3-11(10)14;1-8-13(10-4-2-3-5-11(10)14)9(6-17-8)7-18-12(15)16-13/h2-10,14,16H,11-13H2,1H3;5-7,10-11H,8-9H2,1-4H3,(H,20,21,23);2*5-7,10-11H,8-9,20H2,1-4H3,(H,21,22,23);2-4,7-8H,5-6H2,1H3,(H2,15,16);2-5,8-9H,6-7H2,1H3,(H2,15,16)/t14-,16-,21-;3*10-,11-,18-;7-,8-,13-;8-,9-,13-/m000000/s1. The van der Waals surface area contributed by atoms with Gasteiger partial charge in [-0.2, -0.15) is 0 Å². The fourth-order valence-electron chi connectivity index (χ4n) is 20.1. The molecule has 0 saturated carbocycles. The van der Waals surface area contributed by atoms with Gasteiger partial charge in [0.25, 0.3) is 11.4 Å². The van der Waals surface area contributed by atoms with E-state index in [1.54, 1.807) is 124 Å². The van der Waals surface area contributed by atoms with E-state index >= 15 is 0 Å². The lowest BCUT2D eigenvalue weighted by molar-refractivity contribution is -0.385. The van der Waals surface area contributed by atoms with Crippen molar-refractivity contribution in [1.29, 1.82) is 0 Å². The van der Waals surface area contributed by atoms with E-state index in [1.165, 1.54) is 107 Å². The van der Waals surface area contributed by atoms with Gasteiger partial charge < -0.3 is 65.6 Å². The first kappa shape index (κ1) is 110. The second kappa shape index (κ2) is 44.9. The zero-order chi connectivity index (χ0) is 105. The Balaban J connectivity index is 0.000000138. The lowest BCUT2D eigenvalue weighted by Gasteiger charge is -2.38. The average molecular weight is 2120 g/mol. The molecule has 0 unspecified atom stereocenters.